The number of benzene rings is 2. The predicted octanol–water partition coefficient (Wildman–Crippen LogP) is 5.02. The molecule has 0 aliphatic rings. The summed E-state index contributed by atoms with van der Waals surface area (Å²) >= 11 is 0. The molecule has 0 spiro atoms. The van der Waals surface area contributed by atoms with Crippen molar-refractivity contribution in [2.75, 3.05) is 24.9 Å². The molecule has 0 atom stereocenters. The van der Waals surface area contributed by atoms with Gasteiger partial charge in [-0.2, -0.15) is 0 Å². The molecule has 29 heavy (non-hydrogen) atoms. The summed E-state index contributed by atoms with van der Waals surface area (Å²) in [6, 6.07) is 12.9. The van der Waals surface area contributed by atoms with Crippen LogP contribution in [0.2, 0.25) is 0 Å². The van der Waals surface area contributed by atoms with Gasteiger partial charge >= 0.3 is 0 Å². The van der Waals surface area contributed by atoms with Crippen molar-refractivity contribution in [3.8, 4) is 11.5 Å². The van der Waals surface area contributed by atoms with E-state index in [1.54, 1.807) is 50.7 Å². The molecule has 1 amide bonds. The summed E-state index contributed by atoms with van der Waals surface area (Å²) in [5.74, 6) is 1.53. The van der Waals surface area contributed by atoms with E-state index in [-0.39, 0.29) is 5.91 Å². The zero-order chi connectivity index (χ0) is 21.0. The van der Waals surface area contributed by atoms with Crippen LogP contribution in [0.4, 0.5) is 17.2 Å². The van der Waals surface area contributed by atoms with Gasteiger partial charge in [0.15, 0.2) is 11.5 Å². The average molecular weight is 391 g/mol. The maximum Gasteiger partial charge on any atom is 0.255 e. The van der Waals surface area contributed by atoms with E-state index in [2.05, 4.69) is 48.5 Å². The first kappa shape index (κ1) is 20.2. The number of ether oxygens (including phenoxy) is 2. The van der Waals surface area contributed by atoms with Gasteiger partial charge in [0.25, 0.3) is 5.91 Å². The fourth-order valence-corrected chi connectivity index (χ4v) is 3.26. The van der Waals surface area contributed by atoms with E-state index < -0.39 is 0 Å². The summed E-state index contributed by atoms with van der Waals surface area (Å²) < 4.78 is 10.5. The summed E-state index contributed by atoms with van der Waals surface area (Å²) in [4.78, 5) is 17.1. The van der Waals surface area contributed by atoms with Gasteiger partial charge in [-0.3, -0.25) is 4.79 Å². The van der Waals surface area contributed by atoms with Crippen LogP contribution in [-0.2, 0) is 0 Å². The van der Waals surface area contributed by atoms with Crippen LogP contribution in [0, 0.1) is 20.8 Å². The Bertz CT molecular complexity index is 1020. The predicted molar refractivity (Wildman–Crippen MR) is 116 cm³/mol. The van der Waals surface area contributed by atoms with Crippen LogP contribution < -0.4 is 20.1 Å². The molecule has 0 saturated heterocycles. The summed E-state index contributed by atoms with van der Waals surface area (Å²) in [6.07, 6.45) is 1.62. The van der Waals surface area contributed by atoms with Crippen molar-refractivity contribution in [1.29, 1.82) is 0 Å². The Morgan fingerprint density at radius 1 is 0.897 bits per heavy atom. The Morgan fingerprint density at radius 2 is 1.59 bits per heavy atom. The largest absolute Gasteiger partial charge is 0.493 e. The van der Waals surface area contributed by atoms with E-state index in [9.17, 15) is 4.79 Å². The van der Waals surface area contributed by atoms with Gasteiger partial charge in [0.2, 0.25) is 0 Å². The lowest BCUT2D eigenvalue weighted by molar-refractivity contribution is 0.102. The molecule has 1 heterocycles. The standard InChI is InChI=1S/C23H25N3O3/c1-14-10-15(2)22(16(3)11-14)26-21-12-17(8-9-24-21)23(27)25-18-6-7-19(28-4)20(13-18)29-5/h6-13H,1-5H3,(H,24,26)(H,25,27). The molecule has 1 aromatic heterocycles. The van der Waals surface area contributed by atoms with Gasteiger partial charge in [-0.05, 0) is 56.2 Å². The van der Waals surface area contributed by atoms with Crippen molar-refractivity contribution >= 4 is 23.1 Å². The average Bonchev–Trinajstić information content (AvgIpc) is 2.70. The van der Waals surface area contributed by atoms with E-state index >= 15 is 0 Å². The smallest absolute Gasteiger partial charge is 0.255 e. The maximum absolute atomic E-state index is 12.7. The molecular weight excluding hydrogens is 366 g/mol. The molecule has 0 radical (unpaired) electrons. The highest BCUT2D eigenvalue weighted by Gasteiger charge is 2.11. The number of methoxy groups -OCH3 is 2. The molecule has 2 aromatic carbocycles. The van der Waals surface area contributed by atoms with Gasteiger partial charge in [-0.15, -0.1) is 0 Å². The second-order valence-corrected chi connectivity index (χ2v) is 6.85. The molecule has 6 heteroatoms. The van der Waals surface area contributed by atoms with E-state index in [0.717, 1.165) is 16.8 Å². The van der Waals surface area contributed by atoms with Crippen molar-refractivity contribution in [2.24, 2.45) is 0 Å². The quantitative estimate of drug-likeness (QED) is 0.617. The van der Waals surface area contributed by atoms with Crippen molar-refractivity contribution in [3.05, 3.63) is 70.9 Å². The topological polar surface area (TPSA) is 72.5 Å². The minimum absolute atomic E-state index is 0.236. The number of rotatable bonds is 6. The Kier molecular flexibility index (Phi) is 6.02. The first-order valence-corrected chi connectivity index (χ1v) is 9.25. The minimum atomic E-state index is -0.236. The molecule has 2 N–H and O–H groups in total. The molecule has 0 fully saturated rings. The number of aromatic nitrogens is 1. The fraction of sp³-hybridized carbons (Fsp3) is 0.217. The van der Waals surface area contributed by atoms with Crippen LogP contribution in [0.1, 0.15) is 27.0 Å². The number of nitrogens with zero attached hydrogens (tertiary/aromatic N) is 1. The number of carbonyl (C=O) groups excluding carboxylic acids is 1. The van der Waals surface area contributed by atoms with Gasteiger partial charge in [-0.25, -0.2) is 4.98 Å². The van der Waals surface area contributed by atoms with Gasteiger partial charge in [0.05, 0.1) is 14.2 Å². The molecule has 150 valence electrons. The first-order chi connectivity index (χ1) is 13.9. The zero-order valence-electron chi connectivity index (χ0n) is 17.3. The van der Waals surface area contributed by atoms with Crippen molar-refractivity contribution in [2.45, 2.75) is 20.8 Å². The van der Waals surface area contributed by atoms with Crippen LogP contribution in [-0.4, -0.2) is 25.1 Å². The number of hydrogen-bond donors (Lipinski definition) is 2. The monoisotopic (exact) mass is 391 g/mol. The summed E-state index contributed by atoms with van der Waals surface area (Å²) in [5, 5.41) is 6.21. The molecule has 0 unspecified atom stereocenters. The number of carbonyl (C=O) groups is 1. The van der Waals surface area contributed by atoms with Gasteiger partial charge < -0.3 is 20.1 Å². The molecule has 0 aliphatic heterocycles. The SMILES string of the molecule is COc1ccc(NC(=O)c2ccnc(Nc3c(C)cc(C)cc3C)c2)cc1OC. The van der Waals surface area contributed by atoms with Crippen molar-refractivity contribution in [3.63, 3.8) is 0 Å². The molecular formula is C23H25N3O3. The molecule has 6 nitrogen and oxygen atoms in total. The van der Waals surface area contributed by atoms with Crippen molar-refractivity contribution in [1.82, 2.24) is 4.98 Å². The molecule has 0 aliphatic carbocycles. The molecule has 0 saturated carbocycles. The molecule has 3 aromatic rings. The van der Waals surface area contributed by atoms with E-state index in [1.807, 2.05) is 0 Å². The number of pyridine rings is 1. The number of amides is 1. The van der Waals surface area contributed by atoms with Crippen LogP contribution in [0.5, 0.6) is 11.5 Å². The van der Waals surface area contributed by atoms with Crippen LogP contribution in [0.15, 0.2) is 48.7 Å². The van der Waals surface area contributed by atoms with E-state index in [1.165, 1.54) is 5.56 Å². The summed E-state index contributed by atoms with van der Waals surface area (Å²) in [6.45, 7) is 6.17. The number of anilines is 3. The number of aryl methyl sites for hydroxylation is 3. The highest BCUT2D eigenvalue weighted by molar-refractivity contribution is 6.04. The Hall–Kier alpha value is -3.54. The Morgan fingerprint density at radius 3 is 2.24 bits per heavy atom. The van der Waals surface area contributed by atoms with Gasteiger partial charge in [0, 0.05) is 29.2 Å². The highest BCUT2D eigenvalue weighted by Crippen LogP contribution is 2.30. The lowest BCUT2D eigenvalue weighted by Crippen LogP contribution is -2.12. The maximum atomic E-state index is 12.7. The summed E-state index contributed by atoms with van der Waals surface area (Å²) in [7, 11) is 3.12. The fourth-order valence-electron chi connectivity index (χ4n) is 3.26. The van der Waals surface area contributed by atoms with Crippen LogP contribution in [0.3, 0.4) is 0 Å². The Balaban J connectivity index is 1.80. The third-order valence-corrected chi connectivity index (χ3v) is 4.59. The Labute approximate surface area is 170 Å². The van der Waals surface area contributed by atoms with Gasteiger partial charge in [0.1, 0.15) is 5.82 Å². The lowest BCUT2D eigenvalue weighted by atomic mass is 10.1. The normalized spacial score (nSPS) is 10.4. The third-order valence-electron chi connectivity index (χ3n) is 4.59. The second kappa shape index (κ2) is 8.65. The first-order valence-electron chi connectivity index (χ1n) is 9.25. The summed E-state index contributed by atoms with van der Waals surface area (Å²) in [5.41, 5.74) is 5.58. The number of hydrogen-bond acceptors (Lipinski definition) is 5. The van der Waals surface area contributed by atoms with E-state index in [4.69, 9.17) is 9.47 Å². The van der Waals surface area contributed by atoms with Gasteiger partial charge in [-0.1, -0.05) is 17.7 Å². The highest BCUT2D eigenvalue weighted by atomic mass is 16.5. The lowest BCUT2D eigenvalue weighted by Gasteiger charge is -2.14. The van der Waals surface area contributed by atoms with E-state index in [0.29, 0.717) is 28.6 Å². The zero-order valence-corrected chi connectivity index (χ0v) is 17.3. The minimum Gasteiger partial charge on any atom is -0.493 e. The molecule has 3 rings (SSSR count). The number of nitrogens with one attached hydrogen (secondary N) is 2. The van der Waals surface area contributed by atoms with Crippen LogP contribution >= 0.6 is 0 Å². The van der Waals surface area contributed by atoms with Crippen LogP contribution in [0.25, 0.3) is 0 Å². The second-order valence-electron chi connectivity index (χ2n) is 6.85. The third kappa shape index (κ3) is 4.66. The van der Waals surface area contributed by atoms with Crippen molar-refractivity contribution < 1.29 is 14.3 Å². The molecule has 0 bridgehead atoms.